The van der Waals surface area contributed by atoms with Crippen LogP contribution in [0.25, 0.3) is 0 Å². The number of thioether (sulfide) groups is 1. The van der Waals surface area contributed by atoms with Gasteiger partial charge in [-0.05, 0) is 12.8 Å². The minimum atomic E-state index is -0.279. The summed E-state index contributed by atoms with van der Waals surface area (Å²) in [4.78, 5) is 34.2. The zero-order valence-corrected chi connectivity index (χ0v) is 11.8. The first-order valence-corrected chi connectivity index (χ1v) is 7.94. The van der Waals surface area contributed by atoms with E-state index in [0.29, 0.717) is 12.3 Å². The molecule has 0 aromatic heterocycles. The van der Waals surface area contributed by atoms with Gasteiger partial charge in [0, 0.05) is 26.1 Å². The second-order valence-electron chi connectivity index (χ2n) is 5.10. The van der Waals surface area contributed by atoms with Gasteiger partial charge in [-0.2, -0.15) is 0 Å². The van der Waals surface area contributed by atoms with E-state index in [4.69, 9.17) is 0 Å². The van der Waals surface area contributed by atoms with Gasteiger partial charge in [0.15, 0.2) is 0 Å². The predicted molar refractivity (Wildman–Crippen MR) is 75.7 cm³/mol. The Labute approximate surface area is 118 Å². The van der Waals surface area contributed by atoms with Crippen LogP contribution in [-0.2, 0) is 14.4 Å². The maximum Gasteiger partial charge on any atom is 0.240 e. The van der Waals surface area contributed by atoms with Crippen molar-refractivity contribution in [2.45, 2.75) is 43.8 Å². The highest BCUT2D eigenvalue weighted by atomic mass is 32.2. The zero-order valence-electron chi connectivity index (χ0n) is 10.9. The Balaban J connectivity index is 0.00000200. The number of imide groups is 1. The highest BCUT2D eigenvalue weighted by Crippen LogP contribution is 2.23. The summed E-state index contributed by atoms with van der Waals surface area (Å²) in [5, 5.41) is 4.93. The molecular formula is C13H22N2O3S. The summed E-state index contributed by atoms with van der Waals surface area (Å²) in [6, 6.07) is 0. The van der Waals surface area contributed by atoms with Crippen LogP contribution < -0.4 is 10.6 Å². The van der Waals surface area contributed by atoms with Crippen molar-refractivity contribution in [2.75, 3.05) is 12.3 Å². The molecule has 1 saturated heterocycles. The average molecular weight is 286 g/mol. The van der Waals surface area contributed by atoms with Gasteiger partial charge in [0.2, 0.25) is 17.7 Å². The van der Waals surface area contributed by atoms with Crippen LogP contribution in [0.5, 0.6) is 0 Å². The molecule has 6 heteroatoms. The molecule has 0 radical (unpaired) electrons. The fraction of sp³-hybridized carbons (Fsp3) is 0.769. The maximum absolute atomic E-state index is 11.9. The number of carbonyl (C=O) groups excluding carboxylic acids is 3. The third-order valence-corrected chi connectivity index (χ3v) is 4.85. The fourth-order valence-electron chi connectivity index (χ4n) is 2.55. The van der Waals surface area contributed by atoms with Crippen molar-refractivity contribution in [2.24, 2.45) is 5.92 Å². The topological polar surface area (TPSA) is 75.3 Å². The fourth-order valence-corrected chi connectivity index (χ4v) is 3.53. The summed E-state index contributed by atoms with van der Waals surface area (Å²) < 4.78 is 0. The largest absolute Gasteiger partial charge is 0.355 e. The molecule has 5 nitrogen and oxygen atoms in total. The molecule has 2 aliphatic rings. The maximum atomic E-state index is 11.9. The van der Waals surface area contributed by atoms with Crippen LogP contribution in [0.4, 0.5) is 0 Å². The van der Waals surface area contributed by atoms with Crippen molar-refractivity contribution >= 4 is 29.5 Å². The van der Waals surface area contributed by atoms with Gasteiger partial charge in [-0.25, -0.2) is 0 Å². The molecule has 1 aliphatic carbocycles. The van der Waals surface area contributed by atoms with Gasteiger partial charge in [-0.15, -0.1) is 11.8 Å². The van der Waals surface area contributed by atoms with E-state index in [2.05, 4.69) is 10.6 Å². The molecule has 2 N–H and O–H groups in total. The average Bonchev–Trinajstić information content (AvgIpc) is 2.74. The van der Waals surface area contributed by atoms with Crippen LogP contribution in [-0.4, -0.2) is 35.3 Å². The molecule has 1 unspecified atom stereocenters. The molecule has 1 atom stereocenters. The Bertz CT molecular complexity index is 373. The van der Waals surface area contributed by atoms with Gasteiger partial charge in [0.05, 0.1) is 5.25 Å². The Hall–Kier alpha value is -1.04. The molecule has 19 heavy (non-hydrogen) atoms. The SMILES string of the molecule is O=C1CC(SCCNC(=O)C2CCCCC2)C(=O)N1.[HH]. The van der Waals surface area contributed by atoms with E-state index in [1.807, 2.05) is 0 Å². The molecule has 1 aliphatic heterocycles. The Morgan fingerprint density at radius 3 is 2.68 bits per heavy atom. The quantitative estimate of drug-likeness (QED) is 0.586. The predicted octanol–water partition coefficient (Wildman–Crippen LogP) is 1.08. The van der Waals surface area contributed by atoms with E-state index in [-0.39, 0.29) is 36.7 Å². The second kappa shape index (κ2) is 6.93. The molecule has 108 valence electrons. The summed E-state index contributed by atoms with van der Waals surface area (Å²) in [5.41, 5.74) is 0. The lowest BCUT2D eigenvalue weighted by molar-refractivity contribution is -0.126. The standard InChI is InChI=1S/C13H20N2O3S.H2/c16-11-8-10(13(18)15-11)19-7-6-14-12(17)9-4-2-1-3-5-9;/h9-10H,1-8H2,(H,14,17)(H,15,16,18);1H. The van der Waals surface area contributed by atoms with Crippen LogP contribution in [0, 0.1) is 5.92 Å². The highest BCUT2D eigenvalue weighted by molar-refractivity contribution is 8.00. The molecule has 1 saturated carbocycles. The second-order valence-corrected chi connectivity index (χ2v) is 6.41. The lowest BCUT2D eigenvalue weighted by Crippen LogP contribution is -2.33. The van der Waals surface area contributed by atoms with Gasteiger partial charge in [-0.3, -0.25) is 19.7 Å². The van der Waals surface area contributed by atoms with Gasteiger partial charge in [0.25, 0.3) is 0 Å². The van der Waals surface area contributed by atoms with E-state index in [1.165, 1.54) is 18.2 Å². The molecule has 0 aromatic rings. The number of nitrogens with one attached hydrogen (secondary N) is 2. The van der Waals surface area contributed by atoms with E-state index in [0.717, 1.165) is 25.7 Å². The number of hydrogen-bond donors (Lipinski definition) is 2. The molecular weight excluding hydrogens is 264 g/mol. The summed E-state index contributed by atoms with van der Waals surface area (Å²) in [5.74, 6) is 0.591. The first-order valence-electron chi connectivity index (χ1n) is 6.90. The molecule has 0 spiro atoms. The number of amides is 3. The van der Waals surface area contributed by atoms with Gasteiger partial charge < -0.3 is 5.32 Å². The molecule has 1 heterocycles. The van der Waals surface area contributed by atoms with E-state index in [1.54, 1.807) is 0 Å². The molecule has 3 amide bonds. The summed E-state index contributed by atoms with van der Waals surface area (Å²) >= 11 is 1.44. The summed E-state index contributed by atoms with van der Waals surface area (Å²) in [7, 11) is 0. The lowest BCUT2D eigenvalue weighted by atomic mass is 9.89. The molecule has 2 rings (SSSR count). The molecule has 0 aromatic carbocycles. The minimum absolute atomic E-state index is 0. The molecule has 0 bridgehead atoms. The van der Waals surface area contributed by atoms with Crippen LogP contribution in [0.15, 0.2) is 0 Å². The van der Waals surface area contributed by atoms with Crippen molar-refractivity contribution in [1.82, 2.24) is 10.6 Å². The van der Waals surface area contributed by atoms with Crippen LogP contribution in [0.3, 0.4) is 0 Å². The smallest absolute Gasteiger partial charge is 0.240 e. The van der Waals surface area contributed by atoms with Crippen LogP contribution >= 0.6 is 11.8 Å². The minimum Gasteiger partial charge on any atom is -0.355 e. The Kier molecular flexibility index (Phi) is 5.24. The number of hydrogen-bond acceptors (Lipinski definition) is 4. The monoisotopic (exact) mass is 286 g/mol. The first kappa shape index (κ1) is 14.4. The summed E-state index contributed by atoms with van der Waals surface area (Å²) in [6.45, 7) is 0.567. The third kappa shape index (κ3) is 4.23. The van der Waals surface area contributed by atoms with Crippen molar-refractivity contribution in [3.63, 3.8) is 0 Å². The van der Waals surface area contributed by atoms with Crippen molar-refractivity contribution in [3.8, 4) is 0 Å². The van der Waals surface area contributed by atoms with Crippen molar-refractivity contribution in [3.05, 3.63) is 0 Å². The van der Waals surface area contributed by atoms with Crippen molar-refractivity contribution in [1.29, 1.82) is 0 Å². The first-order chi connectivity index (χ1) is 9.16. The van der Waals surface area contributed by atoms with E-state index in [9.17, 15) is 14.4 Å². The van der Waals surface area contributed by atoms with E-state index < -0.39 is 0 Å². The Morgan fingerprint density at radius 2 is 2.05 bits per heavy atom. The molecule has 2 fully saturated rings. The van der Waals surface area contributed by atoms with Crippen molar-refractivity contribution < 1.29 is 15.8 Å². The number of rotatable bonds is 5. The van der Waals surface area contributed by atoms with Crippen LogP contribution in [0.1, 0.15) is 40.0 Å². The third-order valence-electron chi connectivity index (χ3n) is 3.62. The van der Waals surface area contributed by atoms with Crippen LogP contribution in [0.2, 0.25) is 0 Å². The van der Waals surface area contributed by atoms with Gasteiger partial charge >= 0.3 is 0 Å². The highest BCUT2D eigenvalue weighted by Gasteiger charge is 2.30. The lowest BCUT2D eigenvalue weighted by Gasteiger charge is -2.20. The normalized spacial score (nSPS) is 24.3. The summed E-state index contributed by atoms with van der Waals surface area (Å²) in [6.07, 6.45) is 5.80. The number of carbonyl (C=O) groups is 3. The van der Waals surface area contributed by atoms with Gasteiger partial charge in [-0.1, -0.05) is 19.3 Å². The zero-order chi connectivity index (χ0) is 13.7. The van der Waals surface area contributed by atoms with Gasteiger partial charge in [0.1, 0.15) is 0 Å². The van der Waals surface area contributed by atoms with E-state index >= 15 is 0 Å². The Morgan fingerprint density at radius 1 is 1.32 bits per heavy atom.